The number of nitrogens with one attached hydrogen (secondary N) is 1. The molecule has 0 aliphatic rings. The van der Waals surface area contributed by atoms with Crippen molar-refractivity contribution in [2.45, 2.75) is 18.9 Å². The third-order valence-electron chi connectivity index (χ3n) is 2.34. The molecule has 0 bridgehead atoms. The van der Waals surface area contributed by atoms with E-state index in [1.165, 1.54) is 6.07 Å². The molecule has 4 N–H and O–H groups in total. The van der Waals surface area contributed by atoms with Crippen molar-refractivity contribution in [1.82, 2.24) is 10.3 Å². The van der Waals surface area contributed by atoms with Crippen LogP contribution >= 0.6 is 23.2 Å². The molecule has 2 amide bonds. The number of carbonyl (C=O) groups excluding carboxylic acids is 2. The van der Waals surface area contributed by atoms with Crippen LogP contribution in [0.25, 0.3) is 0 Å². The summed E-state index contributed by atoms with van der Waals surface area (Å²) >= 11 is 11.3. The van der Waals surface area contributed by atoms with E-state index in [0.717, 1.165) is 6.20 Å². The molecular formula is C11H11Cl2N3O4. The largest absolute Gasteiger partial charge is 0.480 e. The van der Waals surface area contributed by atoms with E-state index in [2.05, 4.69) is 10.3 Å². The van der Waals surface area contributed by atoms with Gasteiger partial charge in [-0.1, -0.05) is 23.2 Å². The number of carboxylic acids is 1. The second-order valence-corrected chi connectivity index (χ2v) is 4.63. The maximum Gasteiger partial charge on any atom is 0.326 e. The van der Waals surface area contributed by atoms with Crippen molar-refractivity contribution in [2.75, 3.05) is 0 Å². The lowest BCUT2D eigenvalue weighted by molar-refractivity contribution is -0.139. The summed E-state index contributed by atoms with van der Waals surface area (Å²) in [6.07, 6.45) is 0.901. The zero-order chi connectivity index (χ0) is 15.3. The molecule has 20 heavy (non-hydrogen) atoms. The van der Waals surface area contributed by atoms with Crippen molar-refractivity contribution < 1.29 is 19.5 Å². The number of aromatic nitrogens is 1. The minimum atomic E-state index is -1.27. The number of carbonyl (C=O) groups is 3. The number of carboxylic acid groups (broad SMARTS) is 1. The Morgan fingerprint density at radius 1 is 1.40 bits per heavy atom. The number of aliphatic carboxylic acids is 1. The topological polar surface area (TPSA) is 122 Å². The highest BCUT2D eigenvalue weighted by Gasteiger charge is 2.21. The molecule has 7 nitrogen and oxygen atoms in total. The molecule has 0 saturated heterocycles. The van der Waals surface area contributed by atoms with Gasteiger partial charge in [0, 0.05) is 12.6 Å². The fraction of sp³-hybridized carbons (Fsp3) is 0.273. The number of nitrogens with two attached hydrogens (primary N) is 1. The smallest absolute Gasteiger partial charge is 0.326 e. The van der Waals surface area contributed by atoms with Gasteiger partial charge < -0.3 is 16.2 Å². The van der Waals surface area contributed by atoms with Crippen molar-refractivity contribution in [2.24, 2.45) is 5.73 Å². The summed E-state index contributed by atoms with van der Waals surface area (Å²) in [7, 11) is 0. The number of nitrogens with zero attached hydrogens (tertiary/aromatic N) is 1. The standard InChI is InChI=1S/C11H11Cl2N3O4/c12-6-3-5(4-15-9(6)13)10(18)16-7(11(19)20)1-2-8(14)17/h3-4,7H,1-2H2,(H2,14,17)(H,16,18)(H,19,20). The van der Waals surface area contributed by atoms with Crippen molar-refractivity contribution in [3.63, 3.8) is 0 Å². The summed E-state index contributed by atoms with van der Waals surface area (Å²) < 4.78 is 0. The maximum atomic E-state index is 11.8. The van der Waals surface area contributed by atoms with E-state index in [4.69, 9.17) is 34.0 Å². The average molecular weight is 320 g/mol. The first kappa shape index (κ1) is 16.2. The Kier molecular flexibility index (Phi) is 5.72. The Bertz CT molecular complexity index is 550. The summed E-state index contributed by atoms with van der Waals surface area (Å²) in [6.45, 7) is 0. The zero-order valence-electron chi connectivity index (χ0n) is 10.1. The molecule has 0 aliphatic heterocycles. The molecule has 0 radical (unpaired) electrons. The first-order valence-electron chi connectivity index (χ1n) is 5.44. The third kappa shape index (κ3) is 4.67. The zero-order valence-corrected chi connectivity index (χ0v) is 11.6. The van der Waals surface area contributed by atoms with Crippen molar-refractivity contribution in [3.05, 3.63) is 28.0 Å². The van der Waals surface area contributed by atoms with E-state index in [1.807, 2.05) is 0 Å². The number of rotatable bonds is 6. The van der Waals surface area contributed by atoms with Crippen molar-refractivity contribution in [1.29, 1.82) is 0 Å². The lowest BCUT2D eigenvalue weighted by Gasteiger charge is -2.13. The molecule has 1 heterocycles. The Morgan fingerprint density at radius 2 is 2.05 bits per heavy atom. The molecule has 1 aromatic rings. The van der Waals surface area contributed by atoms with Gasteiger partial charge >= 0.3 is 5.97 Å². The van der Waals surface area contributed by atoms with Crippen LogP contribution in [0.1, 0.15) is 23.2 Å². The molecule has 0 aromatic carbocycles. The van der Waals surface area contributed by atoms with E-state index < -0.39 is 23.8 Å². The summed E-state index contributed by atoms with van der Waals surface area (Å²) in [6, 6.07) is 0.0311. The highest BCUT2D eigenvalue weighted by molar-refractivity contribution is 6.41. The molecule has 1 rings (SSSR count). The average Bonchev–Trinajstić information content (AvgIpc) is 2.36. The van der Waals surface area contributed by atoms with Crippen LogP contribution in [0.5, 0.6) is 0 Å². The minimum absolute atomic E-state index is 0.0340. The molecule has 0 aliphatic carbocycles. The van der Waals surface area contributed by atoms with Crippen LogP contribution in [0.4, 0.5) is 0 Å². The minimum Gasteiger partial charge on any atom is -0.480 e. The molecule has 0 fully saturated rings. The molecule has 1 aromatic heterocycles. The molecule has 0 saturated carbocycles. The van der Waals surface area contributed by atoms with Gasteiger partial charge in [0.2, 0.25) is 5.91 Å². The highest BCUT2D eigenvalue weighted by atomic mass is 35.5. The Labute approximate surface area is 124 Å². The van der Waals surface area contributed by atoms with Crippen LogP contribution in [0.15, 0.2) is 12.3 Å². The van der Waals surface area contributed by atoms with Crippen molar-refractivity contribution in [3.8, 4) is 0 Å². The number of amides is 2. The van der Waals surface area contributed by atoms with Crippen LogP contribution < -0.4 is 11.1 Å². The van der Waals surface area contributed by atoms with Crippen LogP contribution in [0, 0.1) is 0 Å². The van der Waals surface area contributed by atoms with Crippen LogP contribution in [0.3, 0.4) is 0 Å². The van der Waals surface area contributed by atoms with Gasteiger partial charge in [0.05, 0.1) is 10.6 Å². The van der Waals surface area contributed by atoms with Crippen LogP contribution in [0.2, 0.25) is 10.2 Å². The number of primary amides is 1. The maximum absolute atomic E-state index is 11.8. The van der Waals surface area contributed by atoms with Gasteiger partial charge in [-0.25, -0.2) is 9.78 Å². The first-order chi connectivity index (χ1) is 9.31. The highest BCUT2D eigenvalue weighted by Crippen LogP contribution is 2.19. The van der Waals surface area contributed by atoms with E-state index in [1.54, 1.807) is 0 Å². The quantitative estimate of drug-likeness (QED) is 0.670. The Hall–Kier alpha value is -1.86. The van der Waals surface area contributed by atoms with Gasteiger partial charge in [0.15, 0.2) is 0 Å². The summed E-state index contributed by atoms with van der Waals surface area (Å²) in [5.41, 5.74) is 4.99. The second-order valence-electron chi connectivity index (χ2n) is 3.87. The lowest BCUT2D eigenvalue weighted by atomic mass is 10.1. The monoisotopic (exact) mass is 319 g/mol. The predicted molar refractivity (Wildman–Crippen MR) is 71.6 cm³/mol. The normalized spacial score (nSPS) is 11.7. The van der Waals surface area contributed by atoms with E-state index in [-0.39, 0.29) is 28.6 Å². The van der Waals surface area contributed by atoms with Crippen molar-refractivity contribution >= 4 is 41.0 Å². The van der Waals surface area contributed by atoms with Gasteiger partial charge in [-0.3, -0.25) is 9.59 Å². The van der Waals surface area contributed by atoms with Gasteiger partial charge in [0.25, 0.3) is 5.91 Å². The van der Waals surface area contributed by atoms with E-state index in [9.17, 15) is 14.4 Å². The fourth-order valence-corrected chi connectivity index (χ4v) is 1.60. The number of halogens is 2. The SMILES string of the molecule is NC(=O)CCC(NC(=O)c1cnc(Cl)c(Cl)c1)C(=O)O. The van der Waals surface area contributed by atoms with E-state index in [0.29, 0.717) is 0 Å². The summed E-state index contributed by atoms with van der Waals surface area (Å²) in [4.78, 5) is 37.1. The second kappa shape index (κ2) is 7.06. The Balaban J connectivity index is 2.77. The van der Waals surface area contributed by atoms with E-state index >= 15 is 0 Å². The predicted octanol–water partition coefficient (Wildman–Crippen LogP) is 0.837. The van der Waals surface area contributed by atoms with Gasteiger partial charge in [-0.05, 0) is 12.5 Å². The molecule has 1 atom stereocenters. The first-order valence-corrected chi connectivity index (χ1v) is 6.20. The Morgan fingerprint density at radius 3 is 2.55 bits per heavy atom. The molecule has 108 valence electrons. The lowest BCUT2D eigenvalue weighted by Crippen LogP contribution is -2.41. The van der Waals surface area contributed by atoms with Gasteiger partial charge in [-0.15, -0.1) is 0 Å². The molecule has 9 heteroatoms. The fourth-order valence-electron chi connectivity index (χ4n) is 1.33. The molecule has 0 spiro atoms. The van der Waals surface area contributed by atoms with Crippen LogP contribution in [-0.4, -0.2) is 33.9 Å². The summed E-state index contributed by atoms with van der Waals surface area (Å²) in [5, 5.41) is 11.3. The molecular weight excluding hydrogens is 309 g/mol. The molecule has 1 unspecified atom stereocenters. The number of hydrogen-bond acceptors (Lipinski definition) is 4. The van der Waals surface area contributed by atoms with Gasteiger partial charge in [-0.2, -0.15) is 0 Å². The third-order valence-corrected chi connectivity index (χ3v) is 3.03. The number of pyridine rings is 1. The summed E-state index contributed by atoms with van der Waals surface area (Å²) in [5.74, 6) is -2.61. The number of hydrogen-bond donors (Lipinski definition) is 3. The van der Waals surface area contributed by atoms with Gasteiger partial charge in [0.1, 0.15) is 11.2 Å². The van der Waals surface area contributed by atoms with Crippen LogP contribution in [-0.2, 0) is 9.59 Å².